The quantitative estimate of drug-likeness (QED) is 0.823. The van der Waals surface area contributed by atoms with E-state index in [2.05, 4.69) is 15.5 Å². The largest absolute Gasteiger partial charge is 0.366 e. The molecular formula is C10H15ClN4. The van der Waals surface area contributed by atoms with E-state index < -0.39 is 0 Å². The molecule has 1 heterocycles. The third-order valence-corrected chi connectivity index (χ3v) is 3.13. The average molecular weight is 227 g/mol. The van der Waals surface area contributed by atoms with Crippen LogP contribution in [0.3, 0.4) is 0 Å². The lowest BCUT2D eigenvalue weighted by Crippen LogP contribution is -2.29. The molecule has 0 bridgehead atoms. The molecule has 1 fully saturated rings. The van der Waals surface area contributed by atoms with Gasteiger partial charge in [-0.15, -0.1) is 10.2 Å². The van der Waals surface area contributed by atoms with Gasteiger partial charge in [0, 0.05) is 6.04 Å². The molecule has 2 unspecified atom stereocenters. The number of hydrogen-bond donors (Lipinski definition) is 2. The first-order valence-corrected chi connectivity index (χ1v) is 5.63. The summed E-state index contributed by atoms with van der Waals surface area (Å²) < 4.78 is 0. The Labute approximate surface area is 94.2 Å². The van der Waals surface area contributed by atoms with E-state index in [1.807, 2.05) is 6.07 Å². The molecule has 0 aliphatic heterocycles. The van der Waals surface area contributed by atoms with Crippen molar-refractivity contribution in [3.8, 4) is 0 Å². The van der Waals surface area contributed by atoms with Crippen LogP contribution in [0.15, 0.2) is 12.1 Å². The van der Waals surface area contributed by atoms with Crippen LogP contribution in [0, 0.1) is 5.92 Å². The molecule has 5 heteroatoms. The van der Waals surface area contributed by atoms with Gasteiger partial charge in [0.15, 0.2) is 5.15 Å². The summed E-state index contributed by atoms with van der Waals surface area (Å²) >= 11 is 5.66. The van der Waals surface area contributed by atoms with Crippen molar-refractivity contribution in [2.24, 2.45) is 11.7 Å². The molecule has 4 nitrogen and oxygen atoms in total. The molecule has 3 N–H and O–H groups in total. The third-order valence-electron chi connectivity index (χ3n) is 2.93. The summed E-state index contributed by atoms with van der Waals surface area (Å²) in [5.74, 6) is 1.34. The van der Waals surface area contributed by atoms with Gasteiger partial charge in [0.1, 0.15) is 5.82 Å². The average Bonchev–Trinajstić information content (AvgIpc) is 2.69. The first kappa shape index (κ1) is 10.6. The van der Waals surface area contributed by atoms with Crippen molar-refractivity contribution in [1.82, 2.24) is 10.2 Å². The maximum Gasteiger partial charge on any atom is 0.151 e. The lowest BCUT2D eigenvalue weighted by molar-refractivity contribution is 0.515. The second kappa shape index (κ2) is 4.77. The Balaban J connectivity index is 1.99. The molecule has 0 spiro atoms. The number of aromatic nitrogens is 2. The molecule has 0 amide bonds. The summed E-state index contributed by atoms with van der Waals surface area (Å²) in [7, 11) is 0. The highest BCUT2D eigenvalue weighted by molar-refractivity contribution is 6.29. The van der Waals surface area contributed by atoms with E-state index >= 15 is 0 Å². The zero-order chi connectivity index (χ0) is 10.7. The molecule has 2 rings (SSSR count). The number of nitrogens with two attached hydrogens (primary N) is 1. The fourth-order valence-corrected chi connectivity index (χ4v) is 2.19. The van der Waals surface area contributed by atoms with Crippen LogP contribution in [0.2, 0.25) is 5.15 Å². The summed E-state index contributed by atoms with van der Waals surface area (Å²) in [6.45, 7) is 0.735. The molecule has 15 heavy (non-hydrogen) atoms. The number of nitrogens with zero attached hydrogens (tertiary/aromatic N) is 2. The molecule has 1 aromatic heterocycles. The molecule has 1 aromatic rings. The summed E-state index contributed by atoms with van der Waals surface area (Å²) in [5.41, 5.74) is 5.70. The van der Waals surface area contributed by atoms with Gasteiger partial charge >= 0.3 is 0 Å². The molecule has 1 aliphatic carbocycles. The molecule has 0 radical (unpaired) electrons. The van der Waals surface area contributed by atoms with Crippen molar-refractivity contribution in [3.05, 3.63) is 17.3 Å². The summed E-state index contributed by atoms with van der Waals surface area (Å²) in [6, 6.07) is 4.02. The number of hydrogen-bond acceptors (Lipinski definition) is 4. The predicted octanol–water partition coefficient (Wildman–Crippen LogP) is 1.67. The van der Waals surface area contributed by atoms with Crippen LogP contribution >= 0.6 is 11.6 Å². The molecule has 0 saturated heterocycles. The minimum Gasteiger partial charge on any atom is -0.366 e. The number of rotatable bonds is 3. The van der Waals surface area contributed by atoms with Gasteiger partial charge in [0.05, 0.1) is 0 Å². The minimum absolute atomic E-state index is 0.419. The van der Waals surface area contributed by atoms with Crippen molar-refractivity contribution in [3.63, 3.8) is 0 Å². The van der Waals surface area contributed by atoms with E-state index in [0.29, 0.717) is 17.1 Å². The van der Waals surface area contributed by atoms with Crippen molar-refractivity contribution >= 4 is 17.4 Å². The monoisotopic (exact) mass is 226 g/mol. The number of nitrogens with one attached hydrogen (secondary N) is 1. The second-order valence-corrected chi connectivity index (χ2v) is 4.31. The SMILES string of the molecule is NCC1CCCC1Nc1ccc(Cl)nn1. The molecule has 1 saturated carbocycles. The van der Waals surface area contributed by atoms with Crippen LogP contribution in [-0.4, -0.2) is 22.8 Å². The maximum atomic E-state index is 5.70. The highest BCUT2D eigenvalue weighted by Gasteiger charge is 2.25. The molecule has 82 valence electrons. The lowest BCUT2D eigenvalue weighted by atomic mass is 10.0. The Hall–Kier alpha value is -0.870. The van der Waals surface area contributed by atoms with Gasteiger partial charge in [-0.2, -0.15) is 0 Å². The zero-order valence-electron chi connectivity index (χ0n) is 8.49. The van der Waals surface area contributed by atoms with Crippen LogP contribution in [0.1, 0.15) is 19.3 Å². The number of halogens is 1. The van der Waals surface area contributed by atoms with E-state index in [4.69, 9.17) is 17.3 Å². The van der Waals surface area contributed by atoms with Gasteiger partial charge in [-0.3, -0.25) is 0 Å². The van der Waals surface area contributed by atoms with Gasteiger partial charge < -0.3 is 11.1 Å². The Bertz CT molecular complexity index is 314. The van der Waals surface area contributed by atoms with Gasteiger partial charge in [0.2, 0.25) is 0 Å². The molecular weight excluding hydrogens is 212 g/mol. The lowest BCUT2D eigenvalue weighted by Gasteiger charge is -2.19. The van der Waals surface area contributed by atoms with Gasteiger partial charge in [-0.1, -0.05) is 18.0 Å². The fraction of sp³-hybridized carbons (Fsp3) is 0.600. The van der Waals surface area contributed by atoms with Crippen LogP contribution in [0.25, 0.3) is 0 Å². The summed E-state index contributed by atoms with van der Waals surface area (Å²) in [4.78, 5) is 0. The smallest absolute Gasteiger partial charge is 0.151 e. The Kier molecular flexibility index (Phi) is 3.38. The van der Waals surface area contributed by atoms with Crippen molar-refractivity contribution < 1.29 is 0 Å². The first-order valence-electron chi connectivity index (χ1n) is 5.25. The Morgan fingerprint density at radius 3 is 2.93 bits per heavy atom. The standard InChI is InChI=1S/C10H15ClN4/c11-9-4-5-10(15-14-9)13-8-3-1-2-7(8)6-12/h4-5,7-8H,1-3,6,12H2,(H,13,15). The summed E-state index contributed by atoms with van der Waals surface area (Å²) in [6.07, 6.45) is 3.60. The maximum absolute atomic E-state index is 5.70. The normalized spacial score (nSPS) is 25.5. The minimum atomic E-state index is 0.419. The molecule has 0 aromatic carbocycles. The van der Waals surface area contributed by atoms with Crippen LogP contribution in [0.5, 0.6) is 0 Å². The third kappa shape index (κ3) is 2.58. The molecule has 2 atom stereocenters. The van der Waals surface area contributed by atoms with Crippen LogP contribution in [0.4, 0.5) is 5.82 Å². The van der Waals surface area contributed by atoms with E-state index in [-0.39, 0.29) is 0 Å². The topological polar surface area (TPSA) is 63.8 Å². The first-order chi connectivity index (χ1) is 7.29. The predicted molar refractivity (Wildman–Crippen MR) is 60.8 cm³/mol. The van der Waals surface area contributed by atoms with Gasteiger partial charge in [-0.05, 0) is 37.4 Å². The summed E-state index contributed by atoms with van der Waals surface area (Å²) in [5, 5.41) is 11.5. The van der Waals surface area contributed by atoms with E-state index in [0.717, 1.165) is 18.8 Å². The zero-order valence-corrected chi connectivity index (χ0v) is 9.24. The van der Waals surface area contributed by atoms with E-state index in [1.54, 1.807) is 6.07 Å². The fourth-order valence-electron chi connectivity index (χ4n) is 2.09. The Morgan fingerprint density at radius 2 is 2.27 bits per heavy atom. The van der Waals surface area contributed by atoms with Gasteiger partial charge in [-0.25, -0.2) is 0 Å². The van der Waals surface area contributed by atoms with Crippen molar-refractivity contribution in [1.29, 1.82) is 0 Å². The van der Waals surface area contributed by atoms with E-state index in [1.165, 1.54) is 12.8 Å². The molecule has 1 aliphatic rings. The Morgan fingerprint density at radius 1 is 1.40 bits per heavy atom. The van der Waals surface area contributed by atoms with Crippen molar-refractivity contribution in [2.45, 2.75) is 25.3 Å². The van der Waals surface area contributed by atoms with Crippen molar-refractivity contribution in [2.75, 3.05) is 11.9 Å². The van der Waals surface area contributed by atoms with Crippen LogP contribution < -0.4 is 11.1 Å². The highest BCUT2D eigenvalue weighted by atomic mass is 35.5. The number of anilines is 1. The second-order valence-electron chi connectivity index (χ2n) is 3.92. The highest BCUT2D eigenvalue weighted by Crippen LogP contribution is 2.27. The van der Waals surface area contributed by atoms with Gasteiger partial charge in [0.25, 0.3) is 0 Å². The van der Waals surface area contributed by atoms with Crippen LogP contribution in [-0.2, 0) is 0 Å². The van der Waals surface area contributed by atoms with E-state index in [9.17, 15) is 0 Å².